The Kier molecular flexibility index (Phi) is 13.6. The number of guanidine groups is 1. The van der Waals surface area contributed by atoms with Gasteiger partial charge in [-0.05, 0) is 32.1 Å². The molecular formula is C16H35N3O2. The highest BCUT2D eigenvalue weighted by molar-refractivity contribution is 5.78. The Hall–Kier alpha value is -0.810. The third kappa shape index (κ3) is 15.4. The van der Waals surface area contributed by atoms with E-state index in [0.29, 0.717) is 25.2 Å². The first-order valence-corrected chi connectivity index (χ1v) is 8.19. The molecular weight excluding hydrogens is 266 g/mol. The van der Waals surface area contributed by atoms with Gasteiger partial charge in [-0.1, -0.05) is 26.7 Å². The molecule has 0 radical (unpaired) electrons. The maximum absolute atomic E-state index is 5.88. The molecule has 0 aromatic rings. The standard InChI is InChI=1S/C16H35N3O2/c1-14(2)8-7-9-15(3)19-16(17)18-10-5-6-11-21-13-12-20-4/h14-15H,5-13H2,1-4H3,(H3,17,18,19). The summed E-state index contributed by atoms with van der Waals surface area (Å²) in [6, 6.07) is 0.393. The van der Waals surface area contributed by atoms with Gasteiger partial charge in [-0.3, -0.25) is 4.99 Å². The van der Waals surface area contributed by atoms with Crippen molar-refractivity contribution in [3.8, 4) is 0 Å². The van der Waals surface area contributed by atoms with Crippen LogP contribution in [0.5, 0.6) is 0 Å². The molecule has 21 heavy (non-hydrogen) atoms. The van der Waals surface area contributed by atoms with E-state index >= 15 is 0 Å². The first-order chi connectivity index (χ1) is 10.1. The van der Waals surface area contributed by atoms with E-state index < -0.39 is 0 Å². The highest BCUT2D eigenvalue weighted by Gasteiger charge is 2.03. The molecule has 1 unspecified atom stereocenters. The zero-order valence-electron chi connectivity index (χ0n) is 14.4. The summed E-state index contributed by atoms with van der Waals surface area (Å²) in [5.41, 5.74) is 5.88. The van der Waals surface area contributed by atoms with Gasteiger partial charge in [0.1, 0.15) is 0 Å². The van der Waals surface area contributed by atoms with Crippen LogP contribution in [0.15, 0.2) is 4.99 Å². The van der Waals surface area contributed by atoms with E-state index in [1.807, 2.05) is 0 Å². The van der Waals surface area contributed by atoms with Gasteiger partial charge in [-0.15, -0.1) is 0 Å². The van der Waals surface area contributed by atoms with Crippen LogP contribution in [0.3, 0.4) is 0 Å². The van der Waals surface area contributed by atoms with Crippen molar-refractivity contribution < 1.29 is 9.47 Å². The number of nitrogens with two attached hydrogens (primary N) is 1. The Morgan fingerprint density at radius 1 is 1.05 bits per heavy atom. The summed E-state index contributed by atoms with van der Waals surface area (Å²) < 4.78 is 10.3. The summed E-state index contributed by atoms with van der Waals surface area (Å²) in [6.07, 6.45) is 5.65. The van der Waals surface area contributed by atoms with Gasteiger partial charge in [0.05, 0.1) is 13.2 Å². The third-order valence-corrected chi connectivity index (χ3v) is 3.22. The van der Waals surface area contributed by atoms with Gasteiger partial charge in [0.25, 0.3) is 0 Å². The van der Waals surface area contributed by atoms with Gasteiger partial charge in [-0.2, -0.15) is 0 Å². The quantitative estimate of drug-likeness (QED) is 0.312. The number of hydrogen-bond acceptors (Lipinski definition) is 3. The summed E-state index contributed by atoms with van der Waals surface area (Å²) in [5.74, 6) is 1.33. The van der Waals surface area contributed by atoms with Gasteiger partial charge in [0, 0.05) is 26.3 Å². The van der Waals surface area contributed by atoms with E-state index in [9.17, 15) is 0 Å². The smallest absolute Gasteiger partial charge is 0.188 e. The van der Waals surface area contributed by atoms with Crippen molar-refractivity contribution in [2.24, 2.45) is 16.6 Å². The number of rotatable bonds is 13. The molecule has 0 fully saturated rings. The molecule has 0 aliphatic carbocycles. The van der Waals surface area contributed by atoms with Crippen LogP contribution in [-0.2, 0) is 9.47 Å². The second kappa shape index (κ2) is 14.1. The second-order valence-corrected chi connectivity index (χ2v) is 5.95. The van der Waals surface area contributed by atoms with Gasteiger partial charge in [0.15, 0.2) is 5.96 Å². The number of nitrogens with zero attached hydrogens (tertiary/aromatic N) is 1. The molecule has 0 saturated carbocycles. The van der Waals surface area contributed by atoms with Crippen molar-refractivity contribution in [1.82, 2.24) is 5.32 Å². The molecule has 5 nitrogen and oxygen atoms in total. The number of methoxy groups -OCH3 is 1. The van der Waals surface area contributed by atoms with E-state index in [1.54, 1.807) is 7.11 Å². The fourth-order valence-electron chi connectivity index (χ4n) is 1.96. The average molecular weight is 301 g/mol. The maximum atomic E-state index is 5.88. The third-order valence-electron chi connectivity index (χ3n) is 3.22. The lowest BCUT2D eigenvalue weighted by atomic mass is 10.0. The van der Waals surface area contributed by atoms with Crippen LogP contribution in [0.2, 0.25) is 0 Å². The SMILES string of the molecule is COCCOCCCCN=C(N)NC(C)CCCC(C)C. The van der Waals surface area contributed by atoms with E-state index in [-0.39, 0.29) is 0 Å². The number of nitrogens with one attached hydrogen (secondary N) is 1. The van der Waals surface area contributed by atoms with Crippen LogP contribution in [0.1, 0.15) is 52.9 Å². The largest absolute Gasteiger partial charge is 0.382 e. The van der Waals surface area contributed by atoms with Crippen molar-refractivity contribution in [3.63, 3.8) is 0 Å². The van der Waals surface area contributed by atoms with Crippen LogP contribution in [0.25, 0.3) is 0 Å². The summed E-state index contributed by atoms with van der Waals surface area (Å²) in [5, 5.41) is 3.25. The minimum Gasteiger partial charge on any atom is -0.382 e. The molecule has 0 saturated heterocycles. The van der Waals surface area contributed by atoms with Crippen LogP contribution in [-0.4, -0.2) is 45.5 Å². The summed E-state index contributed by atoms with van der Waals surface area (Å²) in [6.45, 7) is 9.51. The van der Waals surface area contributed by atoms with Crippen molar-refractivity contribution in [1.29, 1.82) is 0 Å². The van der Waals surface area contributed by atoms with Crippen LogP contribution in [0.4, 0.5) is 0 Å². The van der Waals surface area contributed by atoms with Gasteiger partial charge in [-0.25, -0.2) is 0 Å². The summed E-state index contributed by atoms with van der Waals surface area (Å²) in [7, 11) is 1.68. The predicted molar refractivity (Wildman–Crippen MR) is 89.7 cm³/mol. The fourth-order valence-corrected chi connectivity index (χ4v) is 1.96. The molecule has 0 spiro atoms. The highest BCUT2D eigenvalue weighted by atomic mass is 16.5. The molecule has 0 aliphatic rings. The van der Waals surface area contributed by atoms with Crippen LogP contribution >= 0.6 is 0 Å². The van der Waals surface area contributed by atoms with Gasteiger partial charge < -0.3 is 20.5 Å². The molecule has 0 aliphatic heterocycles. The Morgan fingerprint density at radius 2 is 1.81 bits per heavy atom. The molecule has 0 aromatic heterocycles. The second-order valence-electron chi connectivity index (χ2n) is 5.95. The predicted octanol–water partition coefficient (Wildman–Crippen LogP) is 2.55. The molecule has 0 amide bonds. The summed E-state index contributed by atoms with van der Waals surface area (Å²) >= 11 is 0. The number of aliphatic imine (C=N–C) groups is 1. The number of unbranched alkanes of at least 4 members (excludes halogenated alkanes) is 1. The zero-order chi connectivity index (χ0) is 15.9. The van der Waals surface area contributed by atoms with Crippen LogP contribution in [0, 0.1) is 5.92 Å². The minimum absolute atomic E-state index is 0.393. The Balaban J connectivity index is 3.50. The lowest BCUT2D eigenvalue weighted by molar-refractivity contribution is 0.0690. The van der Waals surface area contributed by atoms with Gasteiger partial charge in [0.2, 0.25) is 0 Å². The zero-order valence-corrected chi connectivity index (χ0v) is 14.4. The maximum Gasteiger partial charge on any atom is 0.188 e. The van der Waals surface area contributed by atoms with E-state index in [4.69, 9.17) is 15.2 Å². The fraction of sp³-hybridized carbons (Fsp3) is 0.938. The Bertz CT molecular complexity index is 258. The average Bonchev–Trinajstić information content (AvgIpc) is 2.41. The molecule has 0 bridgehead atoms. The van der Waals surface area contributed by atoms with Crippen molar-refractivity contribution in [2.75, 3.05) is 33.5 Å². The lowest BCUT2D eigenvalue weighted by Gasteiger charge is -2.15. The van der Waals surface area contributed by atoms with Gasteiger partial charge >= 0.3 is 0 Å². The lowest BCUT2D eigenvalue weighted by Crippen LogP contribution is -2.38. The van der Waals surface area contributed by atoms with Crippen molar-refractivity contribution >= 4 is 5.96 Å². The van der Waals surface area contributed by atoms with E-state index in [2.05, 4.69) is 31.1 Å². The molecule has 126 valence electrons. The first-order valence-electron chi connectivity index (χ1n) is 8.19. The monoisotopic (exact) mass is 301 g/mol. The number of hydrogen-bond donors (Lipinski definition) is 2. The molecule has 0 rings (SSSR count). The molecule has 0 aromatic carbocycles. The van der Waals surface area contributed by atoms with Crippen molar-refractivity contribution in [3.05, 3.63) is 0 Å². The van der Waals surface area contributed by atoms with Crippen LogP contribution < -0.4 is 11.1 Å². The number of ether oxygens (including phenoxy) is 2. The molecule has 3 N–H and O–H groups in total. The van der Waals surface area contributed by atoms with E-state index in [1.165, 1.54) is 12.8 Å². The first kappa shape index (κ1) is 20.2. The van der Waals surface area contributed by atoms with E-state index in [0.717, 1.165) is 38.3 Å². The Labute approximate surface area is 130 Å². The molecule has 1 atom stereocenters. The van der Waals surface area contributed by atoms with Crippen molar-refractivity contribution in [2.45, 2.75) is 58.9 Å². The highest BCUT2D eigenvalue weighted by Crippen LogP contribution is 2.07. The molecule has 5 heteroatoms. The molecule has 0 heterocycles. The Morgan fingerprint density at radius 3 is 2.48 bits per heavy atom. The topological polar surface area (TPSA) is 68.9 Å². The summed E-state index contributed by atoms with van der Waals surface area (Å²) in [4.78, 5) is 4.34. The minimum atomic E-state index is 0.393. The normalized spacial score (nSPS) is 13.7.